The van der Waals surface area contributed by atoms with Crippen molar-refractivity contribution in [3.63, 3.8) is 0 Å². The van der Waals surface area contributed by atoms with Crippen molar-refractivity contribution in [3.8, 4) is 11.3 Å². The molecule has 5 rings (SSSR count). The van der Waals surface area contributed by atoms with Crippen LogP contribution in [0.3, 0.4) is 0 Å². The van der Waals surface area contributed by atoms with Crippen molar-refractivity contribution in [2.24, 2.45) is 0 Å². The van der Waals surface area contributed by atoms with Gasteiger partial charge in [0.05, 0.1) is 10.7 Å². The zero-order valence-electron chi connectivity index (χ0n) is 15.4. The Kier molecular flexibility index (Phi) is 4.54. The largest absolute Gasteiger partial charge is 0.361 e. The average molecular weight is 373 g/mol. The van der Waals surface area contributed by atoms with Gasteiger partial charge in [-0.1, -0.05) is 61.7 Å². The fraction of sp³-hybridized carbons (Fsp3) is 0.292. The first-order valence-electron chi connectivity index (χ1n) is 9.96. The number of nitrogens with one attached hydrogen (secondary N) is 1. The van der Waals surface area contributed by atoms with Crippen LogP contribution in [-0.4, -0.2) is 9.97 Å². The Morgan fingerprint density at radius 1 is 0.963 bits per heavy atom. The van der Waals surface area contributed by atoms with E-state index < -0.39 is 0 Å². The summed E-state index contributed by atoms with van der Waals surface area (Å²) < 4.78 is 0. The van der Waals surface area contributed by atoms with Crippen LogP contribution < -0.4 is 0 Å². The van der Waals surface area contributed by atoms with Crippen molar-refractivity contribution in [2.45, 2.75) is 44.4 Å². The van der Waals surface area contributed by atoms with Gasteiger partial charge in [-0.2, -0.15) is 0 Å². The third-order valence-electron chi connectivity index (χ3n) is 5.85. The number of nitrogens with zero attached hydrogens (tertiary/aromatic N) is 1. The van der Waals surface area contributed by atoms with Crippen LogP contribution in [0.1, 0.15) is 54.2 Å². The highest BCUT2D eigenvalue weighted by Gasteiger charge is 2.15. The fourth-order valence-corrected chi connectivity index (χ4v) is 5.15. The molecule has 2 aromatic carbocycles. The van der Waals surface area contributed by atoms with Gasteiger partial charge in [0, 0.05) is 34.5 Å². The Hall–Kier alpha value is -2.39. The molecule has 0 spiro atoms. The minimum Gasteiger partial charge on any atom is -0.361 e. The normalized spacial score (nSPS) is 15.4. The molecule has 1 N–H and O–H groups in total. The summed E-state index contributed by atoms with van der Waals surface area (Å²) >= 11 is 1.76. The van der Waals surface area contributed by atoms with Gasteiger partial charge in [0.25, 0.3) is 0 Å². The van der Waals surface area contributed by atoms with Gasteiger partial charge in [-0.3, -0.25) is 0 Å². The maximum Gasteiger partial charge on any atom is 0.0977 e. The summed E-state index contributed by atoms with van der Waals surface area (Å²) in [6.45, 7) is 0. The lowest BCUT2D eigenvalue weighted by Gasteiger charge is -2.22. The monoisotopic (exact) mass is 372 g/mol. The van der Waals surface area contributed by atoms with Crippen LogP contribution in [-0.2, 0) is 6.42 Å². The van der Waals surface area contributed by atoms with E-state index in [-0.39, 0.29) is 0 Å². The lowest BCUT2D eigenvalue weighted by atomic mass is 9.84. The van der Waals surface area contributed by atoms with Crippen molar-refractivity contribution in [1.82, 2.24) is 9.97 Å². The van der Waals surface area contributed by atoms with Crippen molar-refractivity contribution >= 4 is 22.2 Å². The second kappa shape index (κ2) is 7.32. The highest BCUT2D eigenvalue weighted by atomic mass is 32.1. The predicted octanol–water partition coefficient (Wildman–Crippen LogP) is 6.93. The summed E-state index contributed by atoms with van der Waals surface area (Å²) in [4.78, 5) is 8.27. The Morgan fingerprint density at radius 2 is 1.78 bits per heavy atom. The van der Waals surface area contributed by atoms with E-state index in [1.807, 2.05) is 0 Å². The molecule has 1 aliphatic rings. The van der Waals surface area contributed by atoms with Crippen molar-refractivity contribution in [1.29, 1.82) is 0 Å². The molecule has 0 aliphatic heterocycles. The van der Waals surface area contributed by atoms with Gasteiger partial charge >= 0.3 is 0 Å². The number of aromatic nitrogens is 2. The molecule has 2 nitrogen and oxygen atoms in total. The maximum absolute atomic E-state index is 4.91. The lowest BCUT2D eigenvalue weighted by Crippen LogP contribution is -2.04. The van der Waals surface area contributed by atoms with Gasteiger partial charge in [-0.25, -0.2) is 4.98 Å². The van der Waals surface area contributed by atoms with Crippen LogP contribution in [0, 0.1) is 0 Å². The predicted molar refractivity (Wildman–Crippen MR) is 114 cm³/mol. The summed E-state index contributed by atoms with van der Waals surface area (Å²) in [5.41, 5.74) is 6.36. The van der Waals surface area contributed by atoms with Crippen LogP contribution in [0.15, 0.2) is 60.1 Å². The molecule has 0 radical (unpaired) electrons. The Labute approximate surface area is 164 Å². The summed E-state index contributed by atoms with van der Waals surface area (Å²) in [7, 11) is 0. The molecule has 2 aromatic heterocycles. The highest BCUT2D eigenvalue weighted by Crippen LogP contribution is 2.34. The molecule has 0 unspecified atom stereocenters. The minimum atomic E-state index is 0.765. The average Bonchev–Trinajstić information content (AvgIpc) is 3.37. The SMILES string of the molecule is c1ccc2c(Cc3nc(-c4ccc(C5CCCCC5)cc4)cs3)c[nH]c2c1. The quantitative estimate of drug-likeness (QED) is 0.413. The Balaban J connectivity index is 1.34. The van der Waals surface area contributed by atoms with E-state index in [0.717, 1.165) is 18.0 Å². The number of aromatic amines is 1. The molecule has 27 heavy (non-hydrogen) atoms. The first kappa shape index (κ1) is 16.8. The van der Waals surface area contributed by atoms with Gasteiger partial charge in [0.1, 0.15) is 0 Å². The van der Waals surface area contributed by atoms with Crippen LogP contribution in [0.4, 0.5) is 0 Å². The van der Waals surface area contributed by atoms with E-state index in [2.05, 4.69) is 65.1 Å². The fourth-order valence-electron chi connectivity index (χ4n) is 4.33. The second-order valence-electron chi connectivity index (χ2n) is 7.62. The molecule has 0 amide bonds. The van der Waals surface area contributed by atoms with Crippen molar-refractivity contribution in [2.75, 3.05) is 0 Å². The summed E-state index contributed by atoms with van der Waals surface area (Å²) in [6, 6.07) is 17.6. The minimum absolute atomic E-state index is 0.765. The van der Waals surface area contributed by atoms with E-state index >= 15 is 0 Å². The first-order chi connectivity index (χ1) is 13.4. The van der Waals surface area contributed by atoms with Crippen LogP contribution in [0.2, 0.25) is 0 Å². The molecule has 1 fully saturated rings. The molecule has 2 heterocycles. The van der Waals surface area contributed by atoms with E-state index in [4.69, 9.17) is 4.98 Å². The zero-order chi connectivity index (χ0) is 18.1. The molecule has 0 saturated heterocycles. The lowest BCUT2D eigenvalue weighted by molar-refractivity contribution is 0.443. The number of fused-ring (bicyclic) bond motifs is 1. The molecule has 3 heteroatoms. The molecular weight excluding hydrogens is 348 g/mol. The van der Waals surface area contributed by atoms with Crippen molar-refractivity contribution in [3.05, 3.63) is 76.2 Å². The molecular formula is C24H24N2S. The zero-order valence-corrected chi connectivity index (χ0v) is 16.3. The standard InChI is InChI=1S/C24H24N2S/c1-2-6-17(7-3-1)18-10-12-19(13-11-18)23-16-27-24(26-23)14-20-15-25-22-9-5-4-8-21(20)22/h4-5,8-13,15-17,25H,1-3,6-7,14H2. The molecule has 1 aliphatic carbocycles. The van der Waals surface area contributed by atoms with Gasteiger partial charge in [-0.15, -0.1) is 11.3 Å². The number of hydrogen-bond acceptors (Lipinski definition) is 2. The van der Waals surface area contributed by atoms with E-state index in [9.17, 15) is 0 Å². The summed E-state index contributed by atoms with van der Waals surface area (Å²) in [6.07, 6.45) is 9.88. The summed E-state index contributed by atoms with van der Waals surface area (Å²) in [5, 5.41) is 4.66. The van der Waals surface area contributed by atoms with Gasteiger partial charge < -0.3 is 4.98 Å². The third kappa shape index (κ3) is 3.44. The number of hydrogen-bond donors (Lipinski definition) is 1. The summed E-state index contributed by atoms with van der Waals surface area (Å²) in [5.74, 6) is 0.765. The van der Waals surface area contributed by atoms with Crippen LogP contribution in [0.5, 0.6) is 0 Å². The number of H-pyrrole nitrogens is 1. The van der Waals surface area contributed by atoms with Gasteiger partial charge in [0.2, 0.25) is 0 Å². The molecule has 0 atom stereocenters. The Morgan fingerprint density at radius 3 is 2.63 bits per heavy atom. The molecule has 0 bridgehead atoms. The maximum atomic E-state index is 4.91. The second-order valence-corrected chi connectivity index (χ2v) is 8.56. The Bertz CT molecular complexity index is 1040. The van der Waals surface area contributed by atoms with Crippen LogP contribution >= 0.6 is 11.3 Å². The molecule has 4 aromatic rings. The number of benzene rings is 2. The number of thiazole rings is 1. The van der Waals surface area contributed by atoms with E-state index in [0.29, 0.717) is 0 Å². The highest BCUT2D eigenvalue weighted by molar-refractivity contribution is 7.10. The van der Waals surface area contributed by atoms with Gasteiger partial charge in [-0.05, 0) is 36.0 Å². The van der Waals surface area contributed by atoms with Gasteiger partial charge in [0.15, 0.2) is 0 Å². The molecule has 136 valence electrons. The molecule has 1 saturated carbocycles. The number of rotatable bonds is 4. The van der Waals surface area contributed by atoms with E-state index in [1.54, 1.807) is 11.3 Å². The van der Waals surface area contributed by atoms with E-state index in [1.165, 1.54) is 64.7 Å². The van der Waals surface area contributed by atoms with Crippen LogP contribution in [0.25, 0.3) is 22.2 Å². The number of para-hydroxylation sites is 1. The first-order valence-corrected chi connectivity index (χ1v) is 10.8. The topological polar surface area (TPSA) is 28.7 Å². The van der Waals surface area contributed by atoms with Crippen molar-refractivity contribution < 1.29 is 0 Å². The third-order valence-corrected chi connectivity index (χ3v) is 6.70. The smallest absolute Gasteiger partial charge is 0.0977 e.